The van der Waals surface area contributed by atoms with Crippen molar-refractivity contribution in [1.82, 2.24) is 14.9 Å². The van der Waals surface area contributed by atoms with Crippen molar-refractivity contribution in [3.05, 3.63) is 60.0 Å². The predicted molar refractivity (Wildman–Crippen MR) is 119 cm³/mol. The largest absolute Gasteiger partial charge is 0.488 e. The zero-order valence-electron chi connectivity index (χ0n) is 17.2. The summed E-state index contributed by atoms with van der Waals surface area (Å²) in [6, 6.07) is 13.9. The van der Waals surface area contributed by atoms with Crippen LogP contribution in [0.15, 0.2) is 48.7 Å². The number of benzene rings is 1. The van der Waals surface area contributed by atoms with E-state index in [1.807, 2.05) is 12.1 Å². The Balaban J connectivity index is 1.68. The van der Waals surface area contributed by atoms with E-state index in [2.05, 4.69) is 51.7 Å². The van der Waals surface area contributed by atoms with E-state index in [1.165, 1.54) is 0 Å². The first kappa shape index (κ1) is 20.1. The van der Waals surface area contributed by atoms with Crippen molar-refractivity contribution < 1.29 is 9.84 Å². The molecule has 0 atom stereocenters. The Morgan fingerprint density at radius 1 is 1.07 bits per heavy atom. The zero-order valence-corrected chi connectivity index (χ0v) is 17.2. The van der Waals surface area contributed by atoms with Crippen molar-refractivity contribution in [2.75, 3.05) is 50.8 Å². The fourth-order valence-corrected chi connectivity index (χ4v) is 3.64. The lowest BCUT2D eigenvalue weighted by Crippen LogP contribution is -2.46. The highest BCUT2D eigenvalue weighted by atomic mass is 16.5. The maximum Gasteiger partial charge on any atom is 0.155 e. The Morgan fingerprint density at radius 2 is 1.90 bits per heavy atom. The van der Waals surface area contributed by atoms with Crippen molar-refractivity contribution in [1.29, 1.82) is 0 Å². The highest BCUT2D eigenvalue weighted by Crippen LogP contribution is 2.26. The number of likely N-dealkylation sites (N-methyl/N-ethyl adjacent to an activating group) is 1. The molecule has 1 aliphatic heterocycles. The second kappa shape index (κ2) is 9.57. The van der Waals surface area contributed by atoms with Gasteiger partial charge in [0, 0.05) is 37.8 Å². The molecule has 3 aromatic rings. The minimum absolute atomic E-state index is 0.0529. The number of piperazine rings is 1. The fraction of sp³-hybridized carbons (Fsp3) is 0.333. The molecule has 2 aromatic heterocycles. The topological polar surface area (TPSA) is 61.7 Å². The molecular formula is C24H26N4O2. The van der Waals surface area contributed by atoms with Gasteiger partial charge in [0.25, 0.3) is 0 Å². The molecule has 1 fully saturated rings. The van der Waals surface area contributed by atoms with Crippen LogP contribution in [0, 0.1) is 11.8 Å². The number of ether oxygens (including phenoxy) is 1. The van der Waals surface area contributed by atoms with E-state index in [0.29, 0.717) is 17.1 Å². The predicted octanol–water partition coefficient (Wildman–Crippen LogP) is 2.54. The molecule has 0 radical (unpaired) electrons. The van der Waals surface area contributed by atoms with Gasteiger partial charge in [-0.05, 0) is 42.0 Å². The van der Waals surface area contributed by atoms with Crippen LogP contribution in [-0.4, -0.2) is 65.9 Å². The van der Waals surface area contributed by atoms with Crippen molar-refractivity contribution in [2.24, 2.45) is 0 Å². The molecule has 6 nitrogen and oxygen atoms in total. The van der Waals surface area contributed by atoms with Crippen LogP contribution in [0.4, 0.5) is 5.82 Å². The first-order valence-corrected chi connectivity index (χ1v) is 10.4. The SMILES string of the molecule is CCN1CCN(c2nc(C#Cc3ncccc3OCCO)cc3ccccc23)CC1. The van der Waals surface area contributed by atoms with E-state index < -0.39 is 0 Å². The van der Waals surface area contributed by atoms with E-state index in [4.69, 9.17) is 14.8 Å². The molecule has 0 unspecified atom stereocenters. The summed E-state index contributed by atoms with van der Waals surface area (Å²) < 4.78 is 5.54. The smallest absolute Gasteiger partial charge is 0.155 e. The van der Waals surface area contributed by atoms with Crippen molar-refractivity contribution in [2.45, 2.75) is 6.92 Å². The van der Waals surface area contributed by atoms with Crippen LogP contribution in [0.5, 0.6) is 5.75 Å². The Morgan fingerprint density at radius 3 is 2.70 bits per heavy atom. The van der Waals surface area contributed by atoms with Crippen LogP contribution in [0.25, 0.3) is 10.8 Å². The average molecular weight is 402 g/mol. The van der Waals surface area contributed by atoms with Gasteiger partial charge in [-0.25, -0.2) is 9.97 Å². The van der Waals surface area contributed by atoms with E-state index in [0.717, 1.165) is 49.3 Å². The number of nitrogens with zero attached hydrogens (tertiary/aromatic N) is 4. The second-order valence-electron chi connectivity index (χ2n) is 7.15. The molecule has 154 valence electrons. The van der Waals surface area contributed by atoms with Gasteiger partial charge in [-0.2, -0.15) is 0 Å². The van der Waals surface area contributed by atoms with Crippen LogP contribution in [0.3, 0.4) is 0 Å². The van der Waals surface area contributed by atoms with Gasteiger partial charge in [0.1, 0.15) is 18.1 Å². The van der Waals surface area contributed by atoms with Crippen LogP contribution in [0.2, 0.25) is 0 Å². The highest BCUT2D eigenvalue weighted by molar-refractivity contribution is 5.93. The molecule has 0 bridgehead atoms. The number of aliphatic hydroxyl groups excluding tert-OH is 1. The Hall–Kier alpha value is -3.14. The van der Waals surface area contributed by atoms with Crippen LogP contribution in [0.1, 0.15) is 18.3 Å². The highest BCUT2D eigenvalue weighted by Gasteiger charge is 2.19. The molecular weight excluding hydrogens is 376 g/mol. The third-order valence-electron chi connectivity index (χ3n) is 5.27. The standard InChI is InChI=1S/C24H26N4O2/c1-2-27-12-14-28(15-13-27)24-21-7-4-3-6-19(21)18-20(26-24)9-10-22-23(30-17-16-29)8-5-11-25-22/h3-8,11,18,29H,2,12-17H2,1H3. The molecule has 1 aliphatic rings. The number of aromatic nitrogens is 2. The van der Waals surface area contributed by atoms with E-state index in [1.54, 1.807) is 18.3 Å². The number of hydrogen-bond acceptors (Lipinski definition) is 6. The zero-order chi connectivity index (χ0) is 20.8. The monoisotopic (exact) mass is 402 g/mol. The van der Waals surface area contributed by atoms with Crippen LogP contribution < -0.4 is 9.64 Å². The van der Waals surface area contributed by atoms with E-state index in [-0.39, 0.29) is 13.2 Å². The minimum Gasteiger partial charge on any atom is -0.488 e. The summed E-state index contributed by atoms with van der Waals surface area (Å²) >= 11 is 0. The van der Waals surface area contributed by atoms with Gasteiger partial charge in [0.15, 0.2) is 11.4 Å². The molecule has 30 heavy (non-hydrogen) atoms. The molecule has 0 aliphatic carbocycles. The molecule has 3 heterocycles. The van der Waals surface area contributed by atoms with E-state index >= 15 is 0 Å². The van der Waals surface area contributed by atoms with Crippen molar-refractivity contribution in [3.63, 3.8) is 0 Å². The first-order chi connectivity index (χ1) is 14.8. The summed E-state index contributed by atoms with van der Waals surface area (Å²) in [7, 11) is 0. The molecule has 4 rings (SSSR count). The summed E-state index contributed by atoms with van der Waals surface area (Å²) in [4.78, 5) is 14.0. The fourth-order valence-electron chi connectivity index (χ4n) is 3.64. The molecule has 0 amide bonds. The van der Waals surface area contributed by atoms with Crippen LogP contribution >= 0.6 is 0 Å². The summed E-state index contributed by atoms with van der Waals surface area (Å²) in [5.74, 6) is 7.82. The van der Waals surface area contributed by atoms with Crippen LogP contribution in [-0.2, 0) is 0 Å². The lowest BCUT2D eigenvalue weighted by atomic mass is 10.1. The Kier molecular flexibility index (Phi) is 6.43. The van der Waals surface area contributed by atoms with Gasteiger partial charge >= 0.3 is 0 Å². The molecule has 1 saturated heterocycles. The number of anilines is 1. The third-order valence-corrected chi connectivity index (χ3v) is 5.27. The van der Waals surface area contributed by atoms with Gasteiger partial charge in [0.2, 0.25) is 0 Å². The van der Waals surface area contributed by atoms with Crippen molar-refractivity contribution >= 4 is 16.6 Å². The van der Waals surface area contributed by atoms with Gasteiger partial charge in [0.05, 0.1) is 6.61 Å². The van der Waals surface area contributed by atoms with Gasteiger partial charge < -0.3 is 19.6 Å². The number of hydrogen-bond donors (Lipinski definition) is 1. The molecule has 0 spiro atoms. The maximum atomic E-state index is 9.01. The molecule has 1 aromatic carbocycles. The van der Waals surface area contributed by atoms with Crippen molar-refractivity contribution in [3.8, 4) is 17.6 Å². The summed E-state index contributed by atoms with van der Waals surface area (Å²) in [6.07, 6.45) is 1.68. The molecule has 0 saturated carbocycles. The molecule has 1 N–H and O–H groups in total. The van der Waals surface area contributed by atoms with Gasteiger partial charge in [-0.3, -0.25) is 0 Å². The number of fused-ring (bicyclic) bond motifs is 1. The lowest BCUT2D eigenvalue weighted by molar-refractivity contribution is 0.200. The average Bonchev–Trinajstić information content (AvgIpc) is 2.81. The minimum atomic E-state index is -0.0529. The van der Waals surface area contributed by atoms with E-state index in [9.17, 15) is 0 Å². The molecule has 6 heteroatoms. The first-order valence-electron chi connectivity index (χ1n) is 10.4. The Labute approximate surface area is 177 Å². The summed E-state index contributed by atoms with van der Waals surface area (Å²) in [5.41, 5.74) is 1.25. The van der Waals surface area contributed by atoms with Gasteiger partial charge in [-0.15, -0.1) is 0 Å². The quantitative estimate of drug-likeness (QED) is 0.662. The summed E-state index contributed by atoms with van der Waals surface area (Å²) in [5, 5.41) is 11.3. The Bertz CT molecular complexity index is 1070. The third kappa shape index (κ3) is 4.54. The number of aliphatic hydroxyl groups is 1. The lowest BCUT2D eigenvalue weighted by Gasteiger charge is -2.35. The second-order valence-corrected chi connectivity index (χ2v) is 7.15. The summed E-state index contributed by atoms with van der Waals surface area (Å²) in [6.45, 7) is 7.45. The number of pyridine rings is 2. The normalized spacial score (nSPS) is 14.4. The van der Waals surface area contributed by atoms with Gasteiger partial charge in [-0.1, -0.05) is 31.2 Å². The maximum absolute atomic E-state index is 9.01. The number of rotatable bonds is 5.